The minimum absolute atomic E-state index is 0.227. The Labute approximate surface area is 117 Å². The van der Waals surface area contributed by atoms with Gasteiger partial charge in [0.2, 0.25) is 0 Å². The molecule has 1 aliphatic heterocycles. The van der Waals surface area contributed by atoms with Crippen molar-refractivity contribution in [3.63, 3.8) is 0 Å². The van der Waals surface area contributed by atoms with Gasteiger partial charge in [-0.1, -0.05) is 13.3 Å². The SMILES string of the molecule is CC(CNc1nc(F)c(F)cc1F)CN1CCCCC1. The van der Waals surface area contributed by atoms with Crippen LogP contribution in [0.1, 0.15) is 26.2 Å². The number of rotatable bonds is 5. The van der Waals surface area contributed by atoms with E-state index in [9.17, 15) is 13.2 Å². The predicted octanol–water partition coefficient (Wildman–Crippen LogP) is 3.03. The molecule has 0 aromatic carbocycles. The molecule has 0 amide bonds. The lowest BCUT2D eigenvalue weighted by atomic mass is 10.1. The van der Waals surface area contributed by atoms with E-state index in [0.29, 0.717) is 12.6 Å². The third-order valence-electron chi connectivity index (χ3n) is 3.52. The number of pyridine rings is 1. The van der Waals surface area contributed by atoms with Gasteiger partial charge < -0.3 is 10.2 Å². The summed E-state index contributed by atoms with van der Waals surface area (Å²) in [6, 6.07) is 0.514. The highest BCUT2D eigenvalue weighted by Gasteiger charge is 2.15. The molecule has 0 saturated carbocycles. The summed E-state index contributed by atoms with van der Waals surface area (Å²) in [7, 11) is 0. The third-order valence-corrected chi connectivity index (χ3v) is 3.52. The topological polar surface area (TPSA) is 28.2 Å². The Bertz CT molecular complexity index is 448. The molecule has 112 valence electrons. The van der Waals surface area contributed by atoms with Gasteiger partial charge in [0, 0.05) is 19.2 Å². The van der Waals surface area contributed by atoms with Crippen LogP contribution in [0.2, 0.25) is 0 Å². The molecule has 1 aromatic rings. The lowest BCUT2D eigenvalue weighted by molar-refractivity contribution is 0.204. The summed E-state index contributed by atoms with van der Waals surface area (Å²) in [5.74, 6) is -3.36. The van der Waals surface area contributed by atoms with Gasteiger partial charge >= 0.3 is 0 Å². The van der Waals surface area contributed by atoms with Crippen LogP contribution >= 0.6 is 0 Å². The number of anilines is 1. The van der Waals surface area contributed by atoms with Crippen LogP contribution in [0.25, 0.3) is 0 Å². The third kappa shape index (κ3) is 4.10. The molecule has 0 aliphatic carbocycles. The van der Waals surface area contributed by atoms with E-state index in [1.165, 1.54) is 19.3 Å². The fourth-order valence-corrected chi connectivity index (χ4v) is 2.49. The Morgan fingerprint density at radius 2 is 1.90 bits per heavy atom. The second-order valence-electron chi connectivity index (χ2n) is 5.44. The average molecular weight is 287 g/mol. The molecular weight excluding hydrogens is 267 g/mol. The predicted molar refractivity (Wildman–Crippen MR) is 72.1 cm³/mol. The van der Waals surface area contributed by atoms with E-state index < -0.39 is 17.6 Å². The lowest BCUT2D eigenvalue weighted by Gasteiger charge is -2.29. The first-order valence-electron chi connectivity index (χ1n) is 7.04. The molecular formula is C14H20F3N3. The number of hydrogen-bond donors (Lipinski definition) is 1. The van der Waals surface area contributed by atoms with Crippen molar-refractivity contribution in [2.45, 2.75) is 26.2 Å². The van der Waals surface area contributed by atoms with Crippen molar-refractivity contribution in [3.05, 3.63) is 23.6 Å². The van der Waals surface area contributed by atoms with Gasteiger partial charge in [-0.2, -0.15) is 9.37 Å². The number of piperidine rings is 1. The Hall–Kier alpha value is -1.30. The molecule has 1 unspecified atom stereocenters. The van der Waals surface area contributed by atoms with Crippen LogP contribution in [0.5, 0.6) is 0 Å². The minimum Gasteiger partial charge on any atom is -0.367 e. The number of halogens is 3. The Balaban J connectivity index is 1.83. The van der Waals surface area contributed by atoms with Crippen LogP contribution in [0.4, 0.5) is 19.0 Å². The average Bonchev–Trinajstić information content (AvgIpc) is 2.42. The minimum atomic E-state index is -1.28. The van der Waals surface area contributed by atoms with Crippen molar-refractivity contribution < 1.29 is 13.2 Å². The molecule has 1 aromatic heterocycles. The molecule has 3 nitrogen and oxygen atoms in total. The molecule has 0 spiro atoms. The maximum atomic E-state index is 13.4. The van der Waals surface area contributed by atoms with E-state index in [1.54, 1.807) is 0 Å². The molecule has 6 heteroatoms. The van der Waals surface area contributed by atoms with Gasteiger partial charge in [0.1, 0.15) is 0 Å². The van der Waals surface area contributed by atoms with Crippen LogP contribution in [0.3, 0.4) is 0 Å². The van der Waals surface area contributed by atoms with Gasteiger partial charge in [-0.15, -0.1) is 0 Å². The monoisotopic (exact) mass is 287 g/mol. The van der Waals surface area contributed by atoms with Gasteiger partial charge in [-0.3, -0.25) is 0 Å². The van der Waals surface area contributed by atoms with Gasteiger partial charge in [0.05, 0.1) is 0 Å². The molecule has 0 radical (unpaired) electrons. The van der Waals surface area contributed by atoms with Crippen molar-refractivity contribution in [3.8, 4) is 0 Å². The summed E-state index contributed by atoms with van der Waals surface area (Å²) in [5.41, 5.74) is 0. The highest BCUT2D eigenvalue weighted by molar-refractivity contribution is 5.36. The molecule has 2 rings (SSSR count). The number of likely N-dealkylation sites (tertiary alicyclic amines) is 1. The fourth-order valence-electron chi connectivity index (χ4n) is 2.49. The molecule has 1 saturated heterocycles. The normalized spacial score (nSPS) is 18.0. The zero-order chi connectivity index (χ0) is 14.5. The summed E-state index contributed by atoms with van der Waals surface area (Å²) in [6.45, 7) is 5.63. The number of nitrogens with one attached hydrogen (secondary N) is 1. The van der Waals surface area contributed by atoms with Gasteiger partial charge in [-0.05, 0) is 31.8 Å². The number of hydrogen-bond acceptors (Lipinski definition) is 3. The highest BCUT2D eigenvalue weighted by atomic mass is 19.2. The van der Waals surface area contributed by atoms with E-state index in [-0.39, 0.29) is 11.7 Å². The Morgan fingerprint density at radius 3 is 2.60 bits per heavy atom. The maximum Gasteiger partial charge on any atom is 0.251 e. The zero-order valence-electron chi connectivity index (χ0n) is 11.6. The van der Waals surface area contributed by atoms with Gasteiger partial charge in [-0.25, -0.2) is 8.78 Å². The van der Waals surface area contributed by atoms with Crippen LogP contribution < -0.4 is 5.32 Å². The summed E-state index contributed by atoms with van der Waals surface area (Å²) in [5, 5.41) is 2.75. The molecule has 1 atom stereocenters. The largest absolute Gasteiger partial charge is 0.367 e. The molecule has 1 aliphatic rings. The lowest BCUT2D eigenvalue weighted by Crippen LogP contribution is -2.35. The van der Waals surface area contributed by atoms with E-state index in [2.05, 4.69) is 15.2 Å². The summed E-state index contributed by atoms with van der Waals surface area (Å²) < 4.78 is 39.1. The standard InChI is InChI=1S/C14H20F3N3/c1-10(9-20-5-3-2-4-6-20)8-18-14-12(16)7-11(15)13(17)19-14/h7,10H,2-6,8-9H2,1H3,(H,18,19). The summed E-state index contributed by atoms with van der Waals surface area (Å²) >= 11 is 0. The summed E-state index contributed by atoms with van der Waals surface area (Å²) in [4.78, 5) is 5.63. The molecule has 1 N–H and O–H groups in total. The van der Waals surface area contributed by atoms with Crippen molar-refractivity contribution in [1.82, 2.24) is 9.88 Å². The first-order valence-corrected chi connectivity index (χ1v) is 7.04. The van der Waals surface area contributed by atoms with Crippen LogP contribution in [-0.4, -0.2) is 36.1 Å². The quantitative estimate of drug-likeness (QED) is 0.844. The van der Waals surface area contributed by atoms with Crippen molar-refractivity contribution in [2.24, 2.45) is 5.92 Å². The number of aromatic nitrogens is 1. The fraction of sp³-hybridized carbons (Fsp3) is 0.643. The molecule has 2 heterocycles. The van der Waals surface area contributed by atoms with Crippen LogP contribution in [-0.2, 0) is 0 Å². The van der Waals surface area contributed by atoms with E-state index in [0.717, 1.165) is 19.6 Å². The first-order chi connectivity index (χ1) is 9.56. The number of nitrogens with zero attached hydrogens (tertiary/aromatic N) is 2. The molecule has 0 bridgehead atoms. The van der Waals surface area contributed by atoms with Gasteiger partial charge in [0.25, 0.3) is 5.95 Å². The van der Waals surface area contributed by atoms with Gasteiger partial charge in [0.15, 0.2) is 17.5 Å². The second kappa shape index (κ2) is 6.92. The second-order valence-corrected chi connectivity index (χ2v) is 5.44. The van der Waals surface area contributed by atoms with E-state index >= 15 is 0 Å². The highest BCUT2D eigenvalue weighted by Crippen LogP contribution is 2.15. The molecule has 1 fully saturated rings. The van der Waals surface area contributed by atoms with E-state index in [4.69, 9.17) is 0 Å². The smallest absolute Gasteiger partial charge is 0.251 e. The van der Waals surface area contributed by atoms with E-state index in [1.807, 2.05) is 6.92 Å². The maximum absolute atomic E-state index is 13.4. The summed E-state index contributed by atoms with van der Waals surface area (Å²) in [6.07, 6.45) is 3.73. The zero-order valence-corrected chi connectivity index (χ0v) is 11.6. The van der Waals surface area contributed by atoms with Crippen molar-refractivity contribution in [2.75, 3.05) is 31.5 Å². The Kier molecular flexibility index (Phi) is 5.23. The van der Waals surface area contributed by atoms with Crippen molar-refractivity contribution >= 4 is 5.82 Å². The van der Waals surface area contributed by atoms with Crippen LogP contribution in [0, 0.1) is 23.5 Å². The first kappa shape index (κ1) is 15.1. The molecule has 20 heavy (non-hydrogen) atoms. The van der Waals surface area contributed by atoms with Crippen molar-refractivity contribution in [1.29, 1.82) is 0 Å². The van der Waals surface area contributed by atoms with Crippen LogP contribution in [0.15, 0.2) is 6.07 Å². The Morgan fingerprint density at radius 1 is 1.20 bits per heavy atom.